The lowest BCUT2D eigenvalue weighted by Gasteiger charge is -2.26. The van der Waals surface area contributed by atoms with Crippen molar-refractivity contribution in [3.05, 3.63) is 5.28 Å². The molecular formula is C11H19ClN6O. The van der Waals surface area contributed by atoms with E-state index >= 15 is 0 Å². The molecule has 0 amide bonds. The predicted molar refractivity (Wildman–Crippen MR) is 74.7 cm³/mol. The zero-order valence-corrected chi connectivity index (χ0v) is 11.8. The summed E-state index contributed by atoms with van der Waals surface area (Å²) in [5, 5.41) is 6.19. The summed E-state index contributed by atoms with van der Waals surface area (Å²) < 4.78 is 5.31. The van der Waals surface area contributed by atoms with E-state index in [4.69, 9.17) is 16.3 Å². The third-order valence-electron chi connectivity index (χ3n) is 2.87. The molecular weight excluding hydrogens is 268 g/mol. The third kappa shape index (κ3) is 4.77. The quantitative estimate of drug-likeness (QED) is 0.746. The molecule has 0 spiro atoms. The van der Waals surface area contributed by atoms with Gasteiger partial charge in [-0.05, 0) is 24.6 Å². The van der Waals surface area contributed by atoms with E-state index in [1.807, 2.05) is 0 Å². The summed E-state index contributed by atoms with van der Waals surface area (Å²) in [6.45, 7) is 5.56. The molecule has 1 saturated heterocycles. The Morgan fingerprint density at radius 2 is 1.95 bits per heavy atom. The molecule has 2 N–H and O–H groups in total. The van der Waals surface area contributed by atoms with Crippen LogP contribution in [-0.2, 0) is 4.74 Å². The summed E-state index contributed by atoms with van der Waals surface area (Å²) in [6.07, 6.45) is 1.03. The second kappa shape index (κ2) is 7.42. The molecule has 1 aliphatic rings. The number of hydrogen-bond donors (Lipinski definition) is 2. The largest absolute Gasteiger partial charge is 0.379 e. The lowest BCUT2D eigenvalue weighted by atomic mass is 10.3. The average molecular weight is 287 g/mol. The fraction of sp³-hybridized carbons (Fsp3) is 0.727. The van der Waals surface area contributed by atoms with Crippen molar-refractivity contribution in [2.75, 3.05) is 57.1 Å². The number of nitrogens with zero attached hydrogens (tertiary/aromatic N) is 4. The van der Waals surface area contributed by atoms with Crippen molar-refractivity contribution in [3.63, 3.8) is 0 Å². The number of halogens is 1. The van der Waals surface area contributed by atoms with Gasteiger partial charge in [-0.3, -0.25) is 4.90 Å². The first kappa shape index (κ1) is 14.2. The zero-order chi connectivity index (χ0) is 13.5. The van der Waals surface area contributed by atoms with Gasteiger partial charge in [-0.1, -0.05) is 0 Å². The highest BCUT2D eigenvalue weighted by Gasteiger charge is 2.09. The molecule has 8 heteroatoms. The second-order valence-electron chi connectivity index (χ2n) is 4.24. The Labute approximate surface area is 117 Å². The lowest BCUT2D eigenvalue weighted by Crippen LogP contribution is -2.37. The summed E-state index contributed by atoms with van der Waals surface area (Å²) in [7, 11) is 1.74. The monoisotopic (exact) mass is 286 g/mol. The first-order valence-electron chi connectivity index (χ1n) is 6.41. The summed E-state index contributed by atoms with van der Waals surface area (Å²) >= 11 is 5.80. The fourth-order valence-corrected chi connectivity index (χ4v) is 2.03. The number of aromatic nitrogens is 3. The van der Waals surface area contributed by atoms with Crippen LogP contribution >= 0.6 is 11.6 Å². The molecule has 0 saturated carbocycles. The number of rotatable bonds is 6. The first-order valence-corrected chi connectivity index (χ1v) is 6.79. The molecule has 19 heavy (non-hydrogen) atoms. The Morgan fingerprint density at radius 3 is 2.68 bits per heavy atom. The summed E-state index contributed by atoms with van der Waals surface area (Å²) in [5.74, 6) is 0.974. The van der Waals surface area contributed by atoms with Gasteiger partial charge >= 0.3 is 0 Å². The van der Waals surface area contributed by atoms with E-state index in [2.05, 4.69) is 30.5 Å². The standard InChI is InChI=1S/C11H19ClN6O/c1-13-10-15-9(12)16-11(17-10)14-3-2-4-18-5-7-19-8-6-18/h2-8H2,1H3,(H2,13,14,15,16,17). The van der Waals surface area contributed by atoms with Gasteiger partial charge in [-0.2, -0.15) is 15.0 Å². The maximum absolute atomic E-state index is 5.80. The molecule has 1 fully saturated rings. The summed E-state index contributed by atoms with van der Waals surface area (Å²) in [5.41, 5.74) is 0. The summed E-state index contributed by atoms with van der Waals surface area (Å²) in [4.78, 5) is 14.5. The van der Waals surface area contributed by atoms with Crippen LogP contribution in [0.15, 0.2) is 0 Å². The minimum atomic E-state index is 0.190. The van der Waals surface area contributed by atoms with E-state index < -0.39 is 0 Å². The van der Waals surface area contributed by atoms with E-state index in [1.54, 1.807) is 7.05 Å². The number of ether oxygens (including phenoxy) is 1. The SMILES string of the molecule is CNc1nc(Cl)nc(NCCCN2CCOCC2)n1. The van der Waals surface area contributed by atoms with Gasteiger partial charge in [0, 0.05) is 26.7 Å². The summed E-state index contributed by atoms with van der Waals surface area (Å²) in [6, 6.07) is 0. The van der Waals surface area contributed by atoms with Crippen LogP contribution in [0.4, 0.5) is 11.9 Å². The molecule has 2 heterocycles. The smallest absolute Gasteiger partial charge is 0.228 e. The van der Waals surface area contributed by atoms with Crippen LogP contribution in [0.3, 0.4) is 0 Å². The Hall–Kier alpha value is -1.18. The van der Waals surface area contributed by atoms with E-state index in [0.29, 0.717) is 11.9 Å². The van der Waals surface area contributed by atoms with Crippen LogP contribution in [0.25, 0.3) is 0 Å². The molecule has 0 unspecified atom stereocenters. The molecule has 0 aromatic carbocycles. The Bertz CT molecular complexity index is 399. The molecule has 0 radical (unpaired) electrons. The molecule has 0 aliphatic carbocycles. The molecule has 2 rings (SSSR count). The highest BCUT2D eigenvalue weighted by Crippen LogP contribution is 2.08. The highest BCUT2D eigenvalue weighted by atomic mass is 35.5. The third-order valence-corrected chi connectivity index (χ3v) is 3.04. The molecule has 0 atom stereocenters. The Balaban J connectivity index is 1.71. The maximum Gasteiger partial charge on any atom is 0.228 e. The second-order valence-corrected chi connectivity index (χ2v) is 4.57. The average Bonchev–Trinajstić information content (AvgIpc) is 2.44. The fourth-order valence-electron chi connectivity index (χ4n) is 1.87. The zero-order valence-electron chi connectivity index (χ0n) is 11.0. The molecule has 1 aromatic rings. The van der Waals surface area contributed by atoms with Crippen molar-refractivity contribution in [1.82, 2.24) is 19.9 Å². The van der Waals surface area contributed by atoms with Gasteiger partial charge in [-0.15, -0.1) is 0 Å². The lowest BCUT2D eigenvalue weighted by molar-refractivity contribution is 0.0378. The van der Waals surface area contributed by atoms with Gasteiger partial charge in [0.25, 0.3) is 0 Å². The van der Waals surface area contributed by atoms with Crippen LogP contribution in [0.5, 0.6) is 0 Å². The van der Waals surface area contributed by atoms with E-state index in [-0.39, 0.29) is 5.28 Å². The number of anilines is 2. The van der Waals surface area contributed by atoms with E-state index in [1.165, 1.54) is 0 Å². The number of hydrogen-bond acceptors (Lipinski definition) is 7. The molecule has 1 aliphatic heterocycles. The minimum absolute atomic E-state index is 0.190. The van der Waals surface area contributed by atoms with Gasteiger partial charge in [0.05, 0.1) is 13.2 Å². The van der Waals surface area contributed by atoms with Gasteiger partial charge in [0.2, 0.25) is 17.2 Å². The minimum Gasteiger partial charge on any atom is -0.379 e. The van der Waals surface area contributed by atoms with Gasteiger partial charge < -0.3 is 15.4 Å². The van der Waals surface area contributed by atoms with Gasteiger partial charge in [0.1, 0.15) is 0 Å². The van der Waals surface area contributed by atoms with Crippen molar-refractivity contribution in [2.45, 2.75) is 6.42 Å². The van der Waals surface area contributed by atoms with Crippen LogP contribution in [-0.4, -0.2) is 66.3 Å². The van der Waals surface area contributed by atoms with E-state index in [0.717, 1.165) is 45.8 Å². The van der Waals surface area contributed by atoms with Crippen molar-refractivity contribution in [3.8, 4) is 0 Å². The first-order chi connectivity index (χ1) is 9.28. The molecule has 0 bridgehead atoms. The van der Waals surface area contributed by atoms with E-state index in [9.17, 15) is 0 Å². The van der Waals surface area contributed by atoms with Crippen LogP contribution in [0, 0.1) is 0 Å². The van der Waals surface area contributed by atoms with Crippen molar-refractivity contribution in [1.29, 1.82) is 0 Å². The number of nitrogens with one attached hydrogen (secondary N) is 2. The van der Waals surface area contributed by atoms with Gasteiger partial charge in [0.15, 0.2) is 0 Å². The van der Waals surface area contributed by atoms with Crippen LogP contribution in [0.1, 0.15) is 6.42 Å². The predicted octanol–water partition coefficient (Wildman–Crippen LogP) is 0.701. The van der Waals surface area contributed by atoms with Crippen LogP contribution < -0.4 is 10.6 Å². The Kier molecular flexibility index (Phi) is 5.56. The molecule has 1 aromatic heterocycles. The topological polar surface area (TPSA) is 75.2 Å². The highest BCUT2D eigenvalue weighted by molar-refractivity contribution is 6.28. The van der Waals surface area contributed by atoms with Crippen LogP contribution in [0.2, 0.25) is 5.28 Å². The molecule has 106 valence electrons. The van der Waals surface area contributed by atoms with Crippen molar-refractivity contribution < 1.29 is 4.74 Å². The maximum atomic E-state index is 5.80. The van der Waals surface area contributed by atoms with Gasteiger partial charge in [-0.25, -0.2) is 0 Å². The molecule has 7 nitrogen and oxygen atoms in total. The number of morpholine rings is 1. The van der Waals surface area contributed by atoms with Crippen molar-refractivity contribution >= 4 is 23.5 Å². The van der Waals surface area contributed by atoms with Crippen molar-refractivity contribution in [2.24, 2.45) is 0 Å². The Morgan fingerprint density at radius 1 is 1.21 bits per heavy atom. The normalized spacial score (nSPS) is 16.3.